The number of allylic oxidation sites excluding steroid dienone is 4. The van der Waals surface area contributed by atoms with E-state index in [-0.39, 0.29) is 5.78 Å². The normalized spacial score (nSPS) is 8.20. The summed E-state index contributed by atoms with van der Waals surface area (Å²) in [7, 11) is 0. The number of carbonyl (C=O) groups is 2. The molecule has 20 heavy (non-hydrogen) atoms. The molecule has 0 unspecified atom stereocenters. The Morgan fingerprint density at radius 2 is 1.50 bits per heavy atom. The number of carbonyl (C=O) groups excluding carboxylic acids is 1. The maximum Gasteiger partial charge on any atom is 0.503 e. The molecule has 0 saturated carbocycles. The summed E-state index contributed by atoms with van der Waals surface area (Å²) in [6.07, 6.45) is 5.77. The summed E-state index contributed by atoms with van der Waals surface area (Å²) < 4.78 is 0. The zero-order valence-corrected chi connectivity index (χ0v) is 11.1. The molecular formula is C16H18O4. The number of hydrogen-bond acceptors (Lipinski definition) is 2. The molecule has 0 aliphatic carbocycles. The van der Waals surface area contributed by atoms with Crippen molar-refractivity contribution in [1.82, 2.24) is 0 Å². The van der Waals surface area contributed by atoms with Gasteiger partial charge >= 0.3 is 6.16 Å². The van der Waals surface area contributed by atoms with E-state index < -0.39 is 6.16 Å². The highest BCUT2D eigenvalue weighted by atomic mass is 16.6. The molecule has 0 aliphatic heterocycles. The summed E-state index contributed by atoms with van der Waals surface area (Å²) in [6, 6.07) is 10.0. The molecule has 0 fully saturated rings. The predicted molar refractivity (Wildman–Crippen MR) is 81.7 cm³/mol. The van der Waals surface area contributed by atoms with Gasteiger partial charge in [-0.1, -0.05) is 68.3 Å². The van der Waals surface area contributed by atoms with Gasteiger partial charge in [0.2, 0.25) is 0 Å². The van der Waals surface area contributed by atoms with Gasteiger partial charge in [0, 0.05) is 0 Å². The molecule has 0 radical (unpaired) electrons. The van der Waals surface area contributed by atoms with Gasteiger partial charge < -0.3 is 10.2 Å². The molecule has 0 heterocycles. The SMILES string of the molecule is C=CC=CC(=O)C=C.C=Cc1ccccc1.O=C(O)O. The average Bonchev–Trinajstić information content (AvgIpc) is 2.45. The molecule has 2 N–H and O–H groups in total. The van der Waals surface area contributed by atoms with Crippen LogP contribution in [0.4, 0.5) is 4.79 Å². The van der Waals surface area contributed by atoms with E-state index in [0.29, 0.717) is 0 Å². The summed E-state index contributed by atoms with van der Waals surface area (Å²) in [5, 5.41) is 13.9. The highest BCUT2D eigenvalue weighted by Crippen LogP contribution is 1.97. The van der Waals surface area contributed by atoms with Gasteiger partial charge in [-0.25, -0.2) is 4.79 Å². The second-order valence-electron chi connectivity index (χ2n) is 3.10. The molecule has 0 atom stereocenters. The van der Waals surface area contributed by atoms with Gasteiger partial charge in [0.05, 0.1) is 0 Å². The summed E-state index contributed by atoms with van der Waals surface area (Å²) in [6.45, 7) is 10.3. The number of rotatable bonds is 4. The molecular weight excluding hydrogens is 256 g/mol. The van der Waals surface area contributed by atoms with E-state index in [1.165, 1.54) is 17.7 Å². The molecule has 0 saturated heterocycles. The highest BCUT2D eigenvalue weighted by Gasteiger charge is 1.79. The van der Waals surface area contributed by atoms with E-state index in [2.05, 4.69) is 19.7 Å². The summed E-state index contributed by atoms with van der Waals surface area (Å²) >= 11 is 0. The lowest BCUT2D eigenvalue weighted by Crippen LogP contribution is -1.81. The average molecular weight is 274 g/mol. The van der Waals surface area contributed by atoms with Crippen LogP contribution >= 0.6 is 0 Å². The molecule has 4 heteroatoms. The van der Waals surface area contributed by atoms with E-state index in [0.717, 1.165) is 0 Å². The topological polar surface area (TPSA) is 74.6 Å². The molecule has 4 nitrogen and oxygen atoms in total. The second-order valence-corrected chi connectivity index (χ2v) is 3.10. The number of ketones is 1. The first kappa shape index (κ1) is 19.5. The maximum atomic E-state index is 10.3. The standard InChI is InChI=1S/C8H8.C7H8O.CH2O3/c1-2-8-6-4-3-5-7-8;1-3-5-6-7(8)4-2;2-1(3)4/h2-7H,1H2;3-6H,1-2H2;(H2,2,3,4). The zero-order chi connectivity index (χ0) is 15.8. The van der Waals surface area contributed by atoms with Crippen molar-refractivity contribution in [2.75, 3.05) is 0 Å². The molecule has 1 aromatic rings. The van der Waals surface area contributed by atoms with Gasteiger partial charge in [-0.05, 0) is 17.7 Å². The quantitative estimate of drug-likeness (QED) is 0.642. The Balaban J connectivity index is 0. The van der Waals surface area contributed by atoms with E-state index in [1.54, 1.807) is 12.2 Å². The van der Waals surface area contributed by atoms with Crippen LogP contribution in [0.3, 0.4) is 0 Å². The van der Waals surface area contributed by atoms with Gasteiger partial charge in [0.15, 0.2) is 5.78 Å². The fraction of sp³-hybridized carbons (Fsp3) is 0. The molecule has 106 valence electrons. The van der Waals surface area contributed by atoms with Gasteiger partial charge in [-0.3, -0.25) is 4.79 Å². The van der Waals surface area contributed by atoms with Crippen LogP contribution in [-0.4, -0.2) is 22.2 Å². The van der Waals surface area contributed by atoms with Crippen molar-refractivity contribution in [3.63, 3.8) is 0 Å². The van der Waals surface area contributed by atoms with Crippen molar-refractivity contribution in [1.29, 1.82) is 0 Å². The minimum Gasteiger partial charge on any atom is -0.450 e. The minimum atomic E-state index is -1.83. The van der Waals surface area contributed by atoms with Gasteiger partial charge in [0.1, 0.15) is 0 Å². The number of carboxylic acid groups (broad SMARTS) is 2. The van der Waals surface area contributed by atoms with Gasteiger partial charge in [-0.2, -0.15) is 0 Å². The fourth-order valence-electron chi connectivity index (χ4n) is 0.820. The molecule has 0 aliphatic rings. The summed E-state index contributed by atoms with van der Waals surface area (Å²) in [5.74, 6) is -0.0927. The molecule has 0 aromatic heterocycles. The van der Waals surface area contributed by atoms with Crippen LogP contribution in [0.15, 0.2) is 74.4 Å². The lowest BCUT2D eigenvalue weighted by molar-refractivity contribution is -0.110. The monoisotopic (exact) mass is 274 g/mol. The number of hydrogen-bond donors (Lipinski definition) is 2. The fourth-order valence-corrected chi connectivity index (χ4v) is 0.820. The van der Waals surface area contributed by atoms with Crippen LogP contribution < -0.4 is 0 Å². The predicted octanol–water partition coefficient (Wildman–Crippen LogP) is 4.04. The minimum absolute atomic E-state index is 0.0927. The van der Waals surface area contributed by atoms with Crippen molar-refractivity contribution in [3.8, 4) is 0 Å². The van der Waals surface area contributed by atoms with Gasteiger partial charge in [-0.15, -0.1) is 0 Å². The lowest BCUT2D eigenvalue weighted by atomic mass is 10.2. The first-order valence-corrected chi connectivity index (χ1v) is 5.52. The molecule has 0 amide bonds. The first-order valence-electron chi connectivity index (χ1n) is 5.52. The molecule has 0 bridgehead atoms. The first-order chi connectivity index (χ1) is 9.47. The Morgan fingerprint density at radius 3 is 1.80 bits per heavy atom. The third-order valence-electron chi connectivity index (χ3n) is 1.63. The van der Waals surface area contributed by atoms with E-state index in [4.69, 9.17) is 15.0 Å². The Bertz CT molecular complexity index is 455. The largest absolute Gasteiger partial charge is 0.503 e. The second kappa shape index (κ2) is 14.2. The summed E-state index contributed by atoms with van der Waals surface area (Å²) in [4.78, 5) is 18.9. The van der Waals surface area contributed by atoms with Crippen molar-refractivity contribution in [3.05, 3.63) is 79.9 Å². The maximum absolute atomic E-state index is 10.3. The van der Waals surface area contributed by atoms with Gasteiger partial charge in [0.25, 0.3) is 0 Å². The van der Waals surface area contributed by atoms with Crippen molar-refractivity contribution < 1.29 is 19.8 Å². The third-order valence-corrected chi connectivity index (χ3v) is 1.63. The van der Waals surface area contributed by atoms with E-state index >= 15 is 0 Å². The Labute approximate surface area is 118 Å². The number of benzene rings is 1. The lowest BCUT2D eigenvalue weighted by Gasteiger charge is -1.85. The third kappa shape index (κ3) is 17.5. The van der Waals surface area contributed by atoms with Crippen molar-refractivity contribution in [2.24, 2.45) is 0 Å². The van der Waals surface area contributed by atoms with Crippen LogP contribution in [0, 0.1) is 0 Å². The molecule has 0 spiro atoms. The summed E-state index contributed by atoms with van der Waals surface area (Å²) in [5.41, 5.74) is 1.17. The van der Waals surface area contributed by atoms with Crippen LogP contribution in [0.2, 0.25) is 0 Å². The van der Waals surface area contributed by atoms with Crippen LogP contribution in [-0.2, 0) is 4.79 Å². The zero-order valence-electron chi connectivity index (χ0n) is 11.1. The Kier molecular flexibility index (Phi) is 13.8. The van der Waals surface area contributed by atoms with Crippen molar-refractivity contribution in [2.45, 2.75) is 0 Å². The molecule has 1 aromatic carbocycles. The Hall–Kier alpha value is -2.88. The van der Waals surface area contributed by atoms with E-state index in [1.807, 2.05) is 36.4 Å². The van der Waals surface area contributed by atoms with Crippen LogP contribution in [0.25, 0.3) is 6.08 Å². The smallest absolute Gasteiger partial charge is 0.450 e. The Morgan fingerprint density at radius 1 is 1.00 bits per heavy atom. The van der Waals surface area contributed by atoms with E-state index in [9.17, 15) is 4.79 Å². The molecule has 1 rings (SSSR count). The van der Waals surface area contributed by atoms with Crippen LogP contribution in [0.1, 0.15) is 5.56 Å². The van der Waals surface area contributed by atoms with Crippen LogP contribution in [0.5, 0.6) is 0 Å². The highest BCUT2D eigenvalue weighted by molar-refractivity contribution is 5.98. The van der Waals surface area contributed by atoms with Crippen molar-refractivity contribution >= 4 is 18.0 Å².